The van der Waals surface area contributed by atoms with Gasteiger partial charge in [0.25, 0.3) is 0 Å². The highest BCUT2D eigenvalue weighted by Gasteiger charge is 2.24. The van der Waals surface area contributed by atoms with Crippen molar-refractivity contribution in [3.8, 4) is 6.07 Å². The lowest BCUT2D eigenvalue weighted by atomic mass is 9.94. The first-order valence-electron chi connectivity index (χ1n) is 8.65. The summed E-state index contributed by atoms with van der Waals surface area (Å²) in [5.41, 5.74) is 1.77. The summed E-state index contributed by atoms with van der Waals surface area (Å²) in [6.45, 7) is 10.7. The molecule has 2 aromatic carbocycles. The molecule has 0 amide bonds. The number of hydrogen-bond acceptors (Lipinski definition) is 3. The summed E-state index contributed by atoms with van der Waals surface area (Å²) in [4.78, 5) is 0. The fourth-order valence-corrected chi connectivity index (χ4v) is 3.50. The van der Waals surface area contributed by atoms with Crippen molar-refractivity contribution in [3.63, 3.8) is 0 Å². The van der Waals surface area contributed by atoms with Gasteiger partial charge in [0.05, 0.1) is 11.2 Å². The van der Waals surface area contributed by atoms with Gasteiger partial charge in [-0.1, -0.05) is 51.1 Å². The Hall–Kier alpha value is -2.00. The topological polar surface area (TPSA) is 53.2 Å². The van der Waals surface area contributed by atoms with Gasteiger partial charge in [-0.15, -0.1) is 0 Å². The van der Waals surface area contributed by atoms with E-state index in [2.05, 4.69) is 34.6 Å². The molecule has 0 spiro atoms. The first-order valence-corrected chi connectivity index (χ1v) is 9.94. The number of rotatable bonds is 5. The zero-order chi connectivity index (χ0) is 19.5. The minimum atomic E-state index is -0.912. The van der Waals surface area contributed by atoms with Gasteiger partial charge >= 0.3 is 0 Å². The van der Waals surface area contributed by atoms with E-state index in [0.29, 0.717) is 11.1 Å². The molecular weight excluding hydrogens is 345 g/mol. The Morgan fingerprint density at radius 3 is 2.15 bits per heavy atom. The average molecular weight is 372 g/mol. The first kappa shape index (κ1) is 20.3. The van der Waals surface area contributed by atoms with Crippen LogP contribution in [-0.4, -0.2) is 14.9 Å². The lowest BCUT2D eigenvalue weighted by Crippen LogP contribution is -2.27. The zero-order valence-electron chi connectivity index (χ0n) is 16.0. The van der Waals surface area contributed by atoms with Crippen LogP contribution in [0, 0.1) is 17.1 Å². The van der Waals surface area contributed by atoms with Crippen molar-refractivity contribution in [1.29, 1.82) is 5.26 Å². The molecule has 2 rings (SSSR count). The molecule has 0 radical (unpaired) electrons. The van der Waals surface area contributed by atoms with E-state index < -0.39 is 21.7 Å². The molecule has 1 N–H and O–H groups in total. The summed E-state index contributed by atoms with van der Waals surface area (Å²) in [6, 6.07) is 13.5. The summed E-state index contributed by atoms with van der Waals surface area (Å²) in [7, 11) is -0.692. The molecule has 0 saturated heterocycles. The summed E-state index contributed by atoms with van der Waals surface area (Å²) in [5, 5.41) is 19.7. The van der Waals surface area contributed by atoms with Crippen LogP contribution in [0.25, 0.3) is 0 Å². The Morgan fingerprint density at radius 1 is 1.04 bits per heavy atom. The second kappa shape index (κ2) is 7.71. The van der Waals surface area contributed by atoms with Crippen LogP contribution in [0.3, 0.4) is 0 Å². The standard InChI is InChI=1S/C21H26FNO2Si/c1-20(2,3)26-25-21(4,5)17-9-6-14(7-10-17)19(24)15-8-11-18(22)16(12-15)13-23/h6-12,19,24H,26H2,1-5H3. The normalized spacial score (nSPS) is 13.8. The first-order chi connectivity index (χ1) is 12.0. The Bertz CT molecular complexity index is 804. The third kappa shape index (κ3) is 5.01. The Kier molecular flexibility index (Phi) is 6.02. The fourth-order valence-electron chi connectivity index (χ4n) is 2.54. The lowest BCUT2D eigenvalue weighted by Gasteiger charge is -2.30. The molecule has 0 saturated carbocycles. The van der Waals surface area contributed by atoms with E-state index >= 15 is 0 Å². The molecule has 5 heteroatoms. The molecule has 0 aliphatic carbocycles. The third-order valence-corrected chi connectivity index (χ3v) is 5.95. The molecule has 3 nitrogen and oxygen atoms in total. The van der Waals surface area contributed by atoms with E-state index in [0.717, 1.165) is 5.56 Å². The van der Waals surface area contributed by atoms with Crippen molar-refractivity contribution in [2.24, 2.45) is 0 Å². The van der Waals surface area contributed by atoms with Crippen LogP contribution in [0.4, 0.5) is 4.39 Å². The molecule has 0 fully saturated rings. The van der Waals surface area contributed by atoms with Gasteiger partial charge in [0.2, 0.25) is 0 Å². The number of nitrogens with zero attached hydrogens (tertiary/aromatic N) is 1. The van der Waals surface area contributed by atoms with Crippen LogP contribution < -0.4 is 0 Å². The van der Waals surface area contributed by atoms with E-state index in [1.807, 2.05) is 24.3 Å². The maximum absolute atomic E-state index is 13.5. The zero-order valence-corrected chi connectivity index (χ0v) is 17.4. The van der Waals surface area contributed by atoms with Gasteiger partial charge in [0.15, 0.2) is 9.76 Å². The molecule has 0 aliphatic rings. The largest absolute Gasteiger partial charge is 0.415 e. The summed E-state index contributed by atoms with van der Waals surface area (Å²) < 4.78 is 19.7. The van der Waals surface area contributed by atoms with Crippen molar-refractivity contribution in [2.45, 2.75) is 51.4 Å². The van der Waals surface area contributed by atoms with Crippen molar-refractivity contribution in [1.82, 2.24) is 0 Å². The Balaban J connectivity index is 2.20. The second-order valence-electron chi connectivity index (χ2n) is 8.24. The number of aliphatic hydroxyl groups excluding tert-OH is 1. The molecule has 0 bridgehead atoms. The highest BCUT2D eigenvalue weighted by atomic mass is 28.2. The lowest BCUT2D eigenvalue weighted by molar-refractivity contribution is 0.109. The van der Waals surface area contributed by atoms with Crippen LogP contribution in [0.15, 0.2) is 42.5 Å². The highest BCUT2D eigenvalue weighted by molar-refractivity contribution is 6.31. The number of halogens is 1. The fraction of sp³-hybridized carbons (Fsp3) is 0.381. The Morgan fingerprint density at radius 2 is 1.62 bits per heavy atom. The molecule has 0 heterocycles. The van der Waals surface area contributed by atoms with Gasteiger partial charge in [-0.05, 0) is 47.7 Å². The van der Waals surface area contributed by atoms with E-state index in [9.17, 15) is 9.50 Å². The van der Waals surface area contributed by atoms with E-state index in [4.69, 9.17) is 9.69 Å². The maximum atomic E-state index is 13.5. The van der Waals surface area contributed by atoms with Gasteiger partial charge in [0.1, 0.15) is 18.0 Å². The van der Waals surface area contributed by atoms with Crippen LogP contribution >= 0.6 is 0 Å². The smallest absolute Gasteiger partial charge is 0.168 e. The molecule has 2 aromatic rings. The Labute approximate surface area is 157 Å². The molecule has 1 unspecified atom stereocenters. The molecule has 0 aromatic heterocycles. The number of nitriles is 1. The molecule has 1 atom stereocenters. The highest BCUT2D eigenvalue weighted by Crippen LogP contribution is 2.31. The molecule has 0 aliphatic heterocycles. The number of hydrogen-bond donors (Lipinski definition) is 1. The average Bonchev–Trinajstić information content (AvgIpc) is 2.59. The van der Waals surface area contributed by atoms with Crippen molar-refractivity contribution >= 4 is 9.76 Å². The van der Waals surface area contributed by atoms with Crippen molar-refractivity contribution in [2.75, 3.05) is 0 Å². The van der Waals surface area contributed by atoms with E-state index in [1.165, 1.54) is 18.2 Å². The predicted molar refractivity (Wildman–Crippen MR) is 104 cm³/mol. The van der Waals surface area contributed by atoms with Crippen LogP contribution in [0.2, 0.25) is 5.04 Å². The third-order valence-electron chi connectivity index (χ3n) is 4.21. The molecule has 26 heavy (non-hydrogen) atoms. The molecule has 138 valence electrons. The van der Waals surface area contributed by atoms with Gasteiger partial charge in [0, 0.05) is 0 Å². The second-order valence-corrected chi connectivity index (χ2v) is 10.9. The van der Waals surface area contributed by atoms with Crippen LogP contribution in [0.1, 0.15) is 63.0 Å². The van der Waals surface area contributed by atoms with Gasteiger partial charge in [-0.3, -0.25) is 0 Å². The maximum Gasteiger partial charge on any atom is 0.168 e. The minimum absolute atomic E-state index is 0.0696. The van der Waals surface area contributed by atoms with Crippen LogP contribution in [-0.2, 0) is 10.0 Å². The van der Waals surface area contributed by atoms with Crippen molar-refractivity contribution < 1.29 is 13.9 Å². The van der Waals surface area contributed by atoms with E-state index in [-0.39, 0.29) is 16.2 Å². The summed E-state index contributed by atoms with van der Waals surface area (Å²) in [5.74, 6) is -0.583. The minimum Gasteiger partial charge on any atom is -0.415 e. The van der Waals surface area contributed by atoms with Gasteiger partial charge in [-0.2, -0.15) is 5.26 Å². The monoisotopic (exact) mass is 371 g/mol. The van der Waals surface area contributed by atoms with E-state index in [1.54, 1.807) is 6.07 Å². The number of benzene rings is 2. The summed E-state index contributed by atoms with van der Waals surface area (Å²) >= 11 is 0. The summed E-state index contributed by atoms with van der Waals surface area (Å²) in [6.07, 6.45) is -0.912. The van der Waals surface area contributed by atoms with Gasteiger partial charge in [-0.25, -0.2) is 4.39 Å². The molecular formula is C21H26FNO2Si. The predicted octanol–water partition coefficient (Wildman–Crippen LogP) is 4.33. The van der Waals surface area contributed by atoms with Crippen LogP contribution in [0.5, 0.6) is 0 Å². The number of aliphatic hydroxyl groups is 1. The quantitative estimate of drug-likeness (QED) is 0.796. The van der Waals surface area contributed by atoms with Gasteiger partial charge < -0.3 is 9.53 Å². The van der Waals surface area contributed by atoms with Crippen molar-refractivity contribution in [3.05, 3.63) is 70.5 Å². The SMILES string of the molecule is CC(C)(C)[SiH2]OC(C)(C)c1ccc(C(O)c2ccc(F)c(C#N)c2)cc1.